The monoisotopic (exact) mass is 464 g/mol. The summed E-state index contributed by atoms with van der Waals surface area (Å²) in [6.45, 7) is 5.94. The largest absolute Gasteiger partial charge is 0.491 e. The highest BCUT2D eigenvalue weighted by atomic mass is 16.5. The number of hydrogen-bond donors (Lipinski definition) is 1. The predicted molar refractivity (Wildman–Crippen MR) is 131 cm³/mol. The van der Waals surface area contributed by atoms with E-state index in [1.165, 1.54) is 6.08 Å². The predicted octanol–water partition coefficient (Wildman–Crippen LogP) is 3.93. The summed E-state index contributed by atoms with van der Waals surface area (Å²) in [7, 11) is 2.08. The van der Waals surface area contributed by atoms with Crippen LogP contribution in [0.1, 0.15) is 41.6 Å². The molecule has 1 fully saturated rings. The van der Waals surface area contributed by atoms with E-state index in [9.17, 15) is 14.4 Å². The van der Waals surface area contributed by atoms with Gasteiger partial charge < -0.3 is 19.9 Å². The Hall–Kier alpha value is -3.48. The van der Waals surface area contributed by atoms with Crippen LogP contribution < -0.4 is 10.1 Å². The van der Waals surface area contributed by atoms with E-state index in [0.717, 1.165) is 51.0 Å². The van der Waals surface area contributed by atoms with E-state index in [1.807, 2.05) is 24.0 Å². The Bertz CT molecular complexity index is 1040. The van der Waals surface area contributed by atoms with Crippen LogP contribution in [0.15, 0.2) is 47.5 Å². The lowest BCUT2D eigenvalue weighted by molar-refractivity contribution is -0.132. The van der Waals surface area contributed by atoms with Crippen molar-refractivity contribution in [2.75, 3.05) is 45.2 Å². The van der Waals surface area contributed by atoms with Gasteiger partial charge in [-0.3, -0.25) is 9.59 Å². The molecule has 8 nitrogen and oxygen atoms in total. The topological polar surface area (TPSA) is 91.3 Å². The molecular weight excluding hydrogens is 432 g/mol. The fourth-order valence-electron chi connectivity index (χ4n) is 3.81. The normalized spacial score (nSPS) is 13.8. The summed E-state index contributed by atoms with van der Waals surface area (Å²) in [5.74, 6) is 0.431. The Balaban J connectivity index is 1.48. The van der Waals surface area contributed by atoms with Crippen molar-refractivity contribution in [2.24, 2.45) is 4.99 Å². The smallest absolute Gasteiger partial charge is 0.257 e. The van der Waals surface area contributed by atoms with E-state index in [-0.39, 0.29) is 23.1 Å². The fourth-order valence-corrected chi connectivity index (χ4v) is 3.81. The van der Waals surface area contributed by atoms with Gasteiger partial charge >= 0.3 is 0 Å². The van der Waals surface area contributed by atoms with Crippen molar-refractivity contribution in [1.82, 2.24) is 9.80 Å². The zero-order valence-corrected chi connectivity index (χ0v) is 19.9. The number of aliphatic imine (C=N–C) groups is 1. The molecule has 1 aliphatic rings. The molecule has 0 saturated carbocycles. The Morgan fingerprint density at radius 1 is 1.06 bits per heavy atom. The van der Waals surface area contributed by atoms with Crippen LogP contribution in [-0.2, 0) is 9.59 Å². The average Bonchev–Trinajstić information content (AvgIpc) is 2.83. The summed E-state index contributed by atoms with van der Waals surface area (Å²) in [4.78, 5) is 43.6. The molecule has 0 spiro atoms. The van der Waals surface area contributed by atoms with Gasteiger partial charge in [0.2, 0.25) is 12.0 Å². The van der Waals surface area contributed by atoms with Crippen LogP contribution >= 0.6 is 0 Å². The van der Waals surface area contributed by atoms with Crippen LogP contribution in [0.5, 0.6) is 5.75 Å². The summed E-state index contributed by atoms with van der Waals surface area (Å²) in [6.07, 6.45) is 4.59. The van der Waals surface area contributed by atoms with Gasteiger partial charge in [-0.2, -0.15) is 4.99 Å². The standard InChI is InChI=1S/C26H32N4O4/c1-20-11-12-23(28-26(33)21-8-5-6-9-22(21)27-19-31)24(18-20)34-17-7-3-4-10-25(32)30-15-13-29(2)14-16-30/h5-6,8-9,11-12,18H,3-4,7,10,13-17H2,1-2H3,(H,28,33). The second-order valence-electron chi connectivity index (χ2n) is 8.52. The lowest BCUT2D eigenvalue weighted by Crippen LogP contribution is -2.47. The molecule has 0 unspecified atom stereocenters. The Kier molecular flexibility index (Phi) is 9.38. The molecule has 180 valence electrons. The number of benzene rings is 2. The van der Waals surface area contributed by atoms with Crippen LogP contribution in [0.3, 0.4) is 0 Å². The molecule has 0 bridgehead atoms. The van der Waals surface area contributed by atoms with Crippen molar-refractivity contribution >= 4 is 29.3 Å². The molecule has 34 heavy (non-hydrogen) atoms. The highest BCUT2D eigenvalue weighted by molar-refractivity contribution is 6.08. The molecule has 0 aliphatic carbocycles. The van der Waals surface area contributed by atoms with Gasteiger partial charge in [0.1, 0.15) is 5.75 Å². The first kappa shape index (κ1) is 25.1. The number of hydrogen-bond acceptors (Lipinski definition) is 6. The average molecular weight is 465 g/mol. The van der Waals surface area contributed by atoms with Crippen LogP contribution in [0.4, 0.5) is 11.4 Å². The van der Waals surface area contributed by atoms with E-state index < -0.39 is 0 Å². The van der Waals surface area contributed by atoms with Crippen molar-refractivity contribution in [2.45, 2.75) is 32.6 Å². The number of para-hydroxylation sites is 1. The third-order valence-corrected chi connectivity index (χ3v) is 5.85. The third kappa shape index (κ3) is 7.27. The van der Waals surface area contributed by atoms with Crippen LogP contribution in [0.25, 0.3) is 0 Å². The molecule has 0 aromatic heterocycles. The number of carbonyl (C=O) groups is 2. The summed E-state index contributed by atoms with van der Waals surface area (Å²) in [5.41, 5.74) is 2.10. The maximum absolute atomic E-state index is 12.8. The number of nitrogens with one attached hydrogen (secondary N) is 1. The van der Waals surface area contributed by atoms with Gasteiger partial charge in [-0.25, -0.2) is 4.79 Å². The zero-order valence-electron chi connectivity index (χ0n) is 19.9. The summed E-state index contributed by atoms with van der Waals surface area (Å²) in [5, 5.41) is 2.85. The minimum Gasteiger partial charge on any atom is -0.491 e. The van der Waals surface area contributed by atoms with E-state index in [4.69, 9.17) is 4.74 Å². The lowest BCUT2D eigenvalue weighted by atomic mass is 10.1. The minimum absolute atomic E-state index is 0.233. The van der Waals surface area contributed by atoms with Gasteiger partial charge in [0, 0.05) is 32.6 Å². The second kappa shape index (κ2) is 12.7. The number of amides is 2. The SMILES string of the molecule is Cc1ccc(NC(=O)c2ccccc2N=C=O)c(OCCCCCC(=O)N2CCN(C)CC2)c1. The molecule has 1 N–H and O–H groups in total. The molecule has 0 atom stereocenters. The van der Waals surface area contributed by atoms with Crippen LogP contribution in [0.2, 0.25) is 0 Å². The van der Waals surface area contributed by atoms with E-state index in [1.54, 1.807) is 30.3 Å². The first-order valence-corrected chi connectivity index (χ1v) is 11.7. The second-order valence-corrected chi connectivity index (χ2v) is 8.52. The van der Waals surface area contributed by atoms with Crippen molar-refractivity contribution in [3.05, 3.63) is 53.6 Å². The van der Waals surface area contributed by atoms with E-state index in [2.05, 4.69) is 22.3 Å². The molecule has 2 aromatic carbocycles. The van der Waals surface area contributed by atoms with Crippen LogP contribution in [-0.4, -0.2) is 67.5 Å². The highest BCUT2D eigenvalue weighted by Crippen LogP contribution is 2.28. The van der Waals surface area contributed by atoms with Gasteiger partial charge in [0.15, 0.2) is 0 Å². The minimum atomic E-state index is -0.384. The third-order valence-electron chi connectivity index (χ3n) is 5.85. The van der Waals surface area contributed by atoms with Gasteiger partial charge in [-0.05, 0) is 63.1 Å². The molecule has 2 amide bonds. The number of carbonyl (C=O) groups excluding carboxylic acids is 3. The number of piperazine rings is 1. The summed E-state index contributed by atoms with van der Waals surface area (Å²) >= 11 is 0. The number of ether oxygens (including phenoxy) is 1. The highest BCUT2D eigenvalue weighted by Gasteiger charge is 2.18. The number of anilines is 1. The number of aryl methyl sites for hydroxylation is 1. The Morgan fingerprint density at radius 3 is 2.59 bits per heavy atom. The van der Waals surface area contributed by atoms with Gasteiger partial charge in [-0.15, -0.1) is 0 Å². The summed E-state index contributed by atoms with van der Waals surface area (Å²) < 4.78 is 5.97. The number of likely N-dealkylation sites (N-methyl/N-ethyl adjacent to an activating group) is 1. The number of unbranched alkanes of at least 4 members (excludes halogenated alkanes) is 2. The molecule has 1 saturated heterocycles. The molecule has 1 heterocycles. The quantitative estimate of drug-likeness (QED) is 0.327. The van der Waals surface area contributed by atoms with E-state index >= 15 is 0 Å². The Morgan fingerprint density at radius 2 is 1.82 bits per heavy atom. The Labute approximate surface area is 200 Å². The number of nitrogens with zero attached hydrogens (tertiary/aromatic N) is 3. The van der Waals surface area contributed by atoms with Crippen molar-refractivity contribution in [3.63, 3.8) is 0 Å². The number of rotatable bonds is 10. The maximum atomic E-state index is 12.8. The first-order valence-electron chi connectivity index (χ1n) is 11.7. The zero-order chi connectivity index (χ0) is 24.3. The van der Waals surface area contributed by atoms with Gasteiger partial charge in [0.25, 0.3) is 5.91 Å². The first-order chi connectivity index (χ1) is 16.5. The maximum Gasteiger partial charge on any atom is 0.257 e. The van der Waals surface area contributed by atoms with Gasteiger partial charge in [-0.1, -0.05) is 18.2 Å². The van der Waals surface area contributed by atoms with Crippen molar-refractivity contribution in [1.29, 1.82) is 0 Å². The molecule has 2 aromatic rings. The van der Waals surface area contributed by atoms with Crippen molar-refractivity contribution < 1.29 is 19.1 Å². The number of isocyanates is 1. The fraction of sp³-hybridized carbons (Fsp3) is 0.423. The van der Waals surface area contributed by atoms with Gasteiger partial charge in [0.05, 0.1) is 23.5 Å². The molecule has 0 radical (unpaired) electrons. The van der Waals surface area contributed by atoms with E-state index in [0.29, 0.717) is 24.5 Å². The van der Waals surface area contributed by atoms with Crippen molar-refractivity contribution in [3.8, 4) is 5.75 Å². The molecule has 8 heteroatoms. The molecule has 3 rings (SSSR count). The lowest BCUT2D eigenvalue weighted by Gasteiger charge is -2.32. The summed E-state index contributed by atoms with van der Waals surface area (Å²) in [6, 6.07) is 12.2. The molecular formula is C26H32N4O4. The molecule has 1 aliphatic heterocycles. The van der Waals surface area contributed by atoms with Crippen LogP contribution in [0, 0.1) is 6.92 Å².